The summed E-state index contributed by atoms with van der Waals surface area (Å²) in [6.45, 7) is 0. The zero-order valence-corrected chi connectivity index (χ0v) is 8.43. The standard InChI is InChI=1S/C12H14N2O/c15-12(11-8-13-9-14-11)7-6-10-4-2-1-3-5-10/h1-5,8-9,12,15H,6-7H2,(H,13,14). The Bertz CT molecular complexity index is 383. The molecule has 0 fully saturated rings. The summed E-state index contributed by atoms with van der Waals surface area (Å²) in [5.41, 5.74) is 2.03. The lowest BCUT2D eigenvalue weighted by molar-refractivity contribution is 0.163. The van der Waals surface area contributed by atoms with Crippen LogP contribution in [0.1, 0.15) is 23.8 Å². The number of benzene rings is 1. The number of rotatable bonds is 4. The molecule has 3 heteroatoms. The molecule has 1 aromatic carbocycles. The van der Waals surface area contributed by atoms with Gasteiger partial charge in [-0.3, -0.25) is 0 Å². The van der Waals surface area contributed by atoms with Crippen molar-refractivity contribution in [2.45, 2.75) is 18.9 Å². The third-order valence-electron chi connectivity index (χ3n) is 2.43. The van der Waals surface area contributed by atoms with Crippen LogP contribution < -0.4 is 0 Å². The second-order valence-corrected chi connectivity index (χ2v) is 3.55. The number of aryl methyl sites for hydroxylation is 1. The Morgan fingerprint density at radius 2 is 2.07 bits per heavy atom. The minimum absolute atomic E-state index is 0.451. The van der Waals surface area contributed by atoms with Crippen molar-refractivity contribution in [1.82, 2.24) is 9.97 Å². The number of nitrogens with zero attached hydrogens (tertiary/aromatic N) is 1. The van der Waals surface area contributed by atoms with Gasteiger partial charge in [-0.25, -0.2) is 4.98 Å². The van der Waals surface area contributed by atoms with E-state index in [1.807, 2.05) is 18.2 Å². The number of hydrogen-bond acceptors (Lipinski definition) is 2. The molecule has 1 unspecified atom stereocenters. The van der Waals surface area contributed by atoms with E-state index in [1.165, 1.54) is 5.56 Å². The van der Waals surface area contributed by atoms with E-state index in [9.17, 15) is 5.11 Å². The number of nitrogens with one attached hydrogen (secondary N) is 1. The predicted molar refractivity (Wildman–Crippen MR) is 58.3 cm³/mol. The molecule has 0 radical (unpaired) electrons. The van der Waals surface area contributed by atoms with Crippen LogP contribution in [0.5, 0.6) is 0 Å². The summed E-state index contributed by atoms with van der Waals surface area (Å²) in [5.74, 6) is 0. The highest BCUT2D eigenvalue weighted by Gasteiger charge is 2.08. The molecule has 1 atom stereocenters. The van der Waals surface area contributed by atoms with E-state index in [4.69, 9.17) is 0 Å². The lowest BCUT2D eigenvalue weighted by atomic mass is 10.1. The first kappa shape index (κ1) is 9.93. The topological polar surface area (TPSA) is 48.9 Å². The first-order valence-electron chi connectivity index (χ1n) is 5.06. The van der Waals surface area contributed by atoms with Gasteiger partial charge in [0.1, 0.15) is 0 Å². The number of H-pyrrole nitrogens is 1. The van der Waals surface area contributed by atoms with Gasteiger partial charge in [0, 0.05) is 0 Å². The monoisotopic (exact) mass is 202 g/mol. The van der Waals surface area contributed by atoms with E-state index in [0.717, 1.165) is 12.1 Å². The summed E-state index contributed by atoms with van der Waals surface area (Å²) in [5, 5.41) is 9.80. The molecule has 0 aliphatic carbocycles. The van der Waals surface area contributed by atoms with Crippen molar-refractivity contribution >= 4 is 0 Å². The lowest BCUT2D eigenvalue weighted by Gasteiger charge is -2.07. The van der Waals surface area contributed by atoms with Crippen LogP contribution >= 0.6 is 0 Å². The number of aliphatic hydroxyl groups excluding tert-OH is 1. The number of aliphatic hydroxyl groups is 1. The van der Waals surface area contributed by atoms with Crippen molar-refractivity contribution in [2.24, 2.45) is 0 Å². The van der Waals surface area contributed by atoms with E-state index < -0.39 is 6.10 Å². The highest BCUT2D eigenvalue weighted by atomic mass is 16.3. The van der Waals surface area contributed by atoms with E-state index in [-0.39, 0.29) is 0 Å². The van der Waals surface area contributed by atoms with Crippen LogP contribution in [0.3, 0.4) is 0 Å². The van der Waals surface area contributed by atoms with Gasteiger partial charge in [0.05, 0.1) is 24.3 Å². The van der Waals surface area contributed by atoms with Crippen LogP contribution in [0.15, 0.2) is 42.9 Å². The van der Waals surface area contributed by atoms with E-state index >= 15 is 0 Å². The van der Waals surface area contributed by atoms with Crippen LogP contribution in [0.2, 0.25) is 0 Å². The Morgan fingerprint density at radius 1 is 1.27 bits per heavy atom. The van der Waals surface area contributed by atoms with Gasteiger partial charge in [0.25, 0.3) is 0 Å². The van der Waals surface area contributed by atoms with E-state index in [2.05, 4.69) is 22.1 Å². The van der Waals surface area contributed by atoms with Gasteiger partial charge >= 0.3 is 0 Å². The maximum absolute atomic E-state index is 9.80. The fourth-order valence-electron chi connectivity index (χ4n) is 1.55. The first-order chi connectivity index (χ1) is 7.36. The SMILES string of the molecule is OC(CCc1ccccc1)c1cnc[nH]1. The number of hydrogen-bond donors (Lipinski definition) is 2. The Labute approximate surface area is 88.8 Å². The summed E-state index contributed by atoms with van der Waals surface area (Å²) in [4.78, 5) is 6.79. The van der Waals surface area contributed by atoms with Crippen molar-refractivity contribution in [3.8, 4) is 0 Å². The molecule has 0 aliphatic rings. The Hall–Kier alpha value is -1.61. The highest BCUT2D eigenvalue weighted by Crippen LogP contribution is 2.15. The zero-order valence-electron chi connectivity index (χ0n) is 8.43. The molecular formula is C12H14N2O. The van der Waals surface area contributed by atoms with Crippen LogP contribution in [-0.2, 0) is 6.42 Å². The van der Waals surface area contributed by atoms with Crippen molar-refractivity contribution in [1.29, 1.82) is 0 Å². The van der Waals surface area contributed by atoms with Crippen molar-refractivity contribution in [3.05, 3.63) is 54.1 Å². The molecule has 15 heavy (non-hydrogen) atoms. The zero-order chi connectivity index (χ0) is 10.5. The molecule has 3 nitrogen and oxygen atoms in total. The second kappa shape index (κ2) is 4.75. The highest BCUT2D eigenvalue weighted by molar-refractivity contribution is 5.15. The maximum Gasteiger partial charge on any atom is 0.0956 e. The lowest BCUT2D eigenvalue weighted by Crippen LogP contribution is -1.99. The largest absolute Gasteiger partial charge is 0.387 e. The predicted octanol–water partition coefficient (Wildman–Crippen LogP) is 2.08. The van der Waals surface area contributed by atoms with E-state index in [1.54, 1.807) is 12.5 Å². The molecule has 2 rings (SSSR count). The average Bonchev–Trinajstić information content (AvgIpc) is 2.81. The molecule has 1 aromatic heterocycles. The van der Waals surface area contributed by atoms with Gasteiger partial charge in [-0.05, 0) is 18.4 Å². The van der Waals surface area contributed by atoms with E-state index in [0.29, 0.717) is 6.42 Å². The van der Waals surface area contributed by atoms with Crippen molar-refractivity contribution in [3.63, 3.8) is 0 Å². The maximum atomic E-state index is 9.80. The number of aromatic amines is 1. The van der Waals surface area contributed by atoms with Crippen molar-refractivity contribution < 1.29 is 5.11 Å². The second-order valence-electron chi connectivity index (χ2n) is 3.55. The molecule has 0 amide bonds. The third kappa shape index (κ3) is 2.67. The average molecular weight is 202 g/mol. The van der Waals surface area contributed by atoms with Crippen LogP contribution in [0.4, 0.5) is 0 Å². The fraction of sp³-hybridized carbons (Fsp3) is 0.250. The molecule has 2 aromatic rings. The van der Waals surface area contributed by atoms with Gasteiger partial charge in [0.2, 0.25) is 0 Å². The summed E-state index contributed by atoms with van der Waals surface area (Å²) in [6.07, 6.45) is 4.39. The van der Waals surface area contributed by atoms with Gasteiger partial charge in [-0.2, -0.15) is 0 Å². The Morgan fingerprint density at radius 3 is 2.73 bits per heavy atom. The summed E-state index contributed by atoms with van der Waals surface area (Å²) in [7, 11) is 0. The molecule has 78 valence electrons. The third-order valence-corrected chi connectivity index (χ3v) is 2.43. The van der Waals surface area contributed by atoms with Gasteiger partial charge < -0.3 is 10.1 Å². The molecule has 0 aliphatic heterocycles. The first-order valence-corrected chi connectivity index (χ1v) is 5.06. The molecular weight excluding hydrogens is 188 g/mol. The van der Waals surface area contributed by atoms with Gasteiger partial charge in [0.15, 0.2) is 0 Å². The molecule has 0 spiro atoms. The normalized spacial score (nSPS) is 12.6. The summed E-state index contributed by atoms with van der Waals surface area (Å²) < 4.78 is 0. The molecule has 2 N–H and O–H groups in total. The molecule has 0 bridgehead atoms. The molecule has 0 saturated carbocycles. The van der Waals surface area contributed by atoms with Crippen LogP contribution in [-0.4, -0.2) is 15.1 Å². The molecule has 0 saturated heterocycles. The van der Waals surface area contributed by atoms with Crippen molar-refractivity contribution in [2.75, 3.05) is 0 Å². The number of aromatic nitrogens is 2. The number of imidazole rings is 1. The quantitative estimate of drug-likeness (QED) is 0.797. The minimum atomic E-state index is -0.451. The minimum Gasteiger partial charge on any atom is -0.387 e. The molecule has 1 heterocycles. The Balaban J connectivity index is 1.89. The smallest absolute Gasteiger partial charge is 0.0956 e. The fourth-order valence-corrected chi connectivity index (χ4v) is 1.55. The Kier molecular flexibility index (Phi) is 3.15. The van der Waals surface area contributed by atoms with Gasteiger partial charge in [-0.1, -0.05) is 30.3 Å². The summed E-state index contributed by atoms with van der Waals surface area (Å²) in [6, 6.07) is 10.2. The van der Waals surface area contributed by atoms with Crippen LogP contribution in [0, 0.1) is 0 Å². The van der Waals surface area contributed by atoms with Crippen LogP contribution in [0.25, 0.3) is 0 Å². The van der Waals surface area contributed by atoms with Gasteiger partial charge in [-0.15, -0.1) is 0 Å². The summed E-state index contributed by atoms with van der Waals surface area (Å²) >= 11 is 0.